The Morgan fingerprint density at radius 3 is 2.52 bits per heavy atom. The Bertz CT molecular complexity index is 544. The molecular weight excluding hydrogens is 316 g/mol. The molecule has 7 heteroatoms. The number of nitrogens with zero attached hydrogens (tertiary/aromatic N) is 1. The van der Waals surface area contributed by atoms with Crippen LogP contribution in [0.5, 0.6) is 5.75 Å². The molecular formula is C16H22N2O4S. The van der Waals surface area contributed by atoms with Gasteiger partial charge in [0.25, 0.3) is 0 Å². The lowest BCUT2D eigenvalue weighted by molar-refractivity contribution is -0.139. The smallest absolute Gasteiger partial charge is 0.317 e. The van der Waals surface area contributed by atoms with E-state index in [9.17, 15) is 14.7 Å². The van der Waals surface area contributed by atoms with Crippen LogP contribution in [0.15, 0.2) is 29.2 Å². The Kier molecular flexibility index (Phi) is 6.29. The number of hydrogen-bond acceptors (Lipinski definition) is 5. The van der Waals surface area contributed by atoms with Crippen molar-refractivity contribution in [3.05, 3.63) is 24.3 Å². The van der Waals surface area contributed by atoms with Crippen LogP contribution in [0.25, 0.3) is 0 Å². The Balaban J connectivity index is 1.67. The SMILES string of the molecule is CCN(CC(=O)O)C1CC(NC(=O)CSc2ccc(O)cc2)C1. The summed E-state index contributed by atoms with van der Waals surface area (Å²) in [5.41, 5.74) is 0. The Hall–Kier alpha value is -1.73. The maximum absolute atomic E-state index is 11.9. The van der Waals surface area contributed by atoms with Gasteiger partial charge in [-0.05, 0) is 43.7 Å². The third-order valence-electron chi connectivity index (χ3n) is 3.95. The van der Waals surface area contributed by atoms with E-state index in [-0.39, 0.29) is 30.3 Å². The van der Waals surface area contributed by atoms with E-state index in [1.165, 1.54) is 11.8 Å². The standard InChI is InChI=1S/C16H22N2O4S/c1-2-18(9-16(21)22)12-7-11(8-12)17-15(20)10-23-14-5-3-13(19)4-6-14/h3-6,11-12,19H,2,7-10H2,1H3,(H,17,20)(H,21,22). The number of carbonyl (C=O) groups is 2. The van der Waals surface area contributed by atoms with Crippen molar-refractivity contribution in [1.82, 2.24) is 10.2 Å². The summed E-state index contributed by atoms with van der Waals surface area (Å²) in [4.78, 5) is 25.6. The van der Waals surface area contributed by atoms with Crippen LogP contribution in [0, 0.1) is 0 Å². The number of carboxylic acids is 1. The number of phenolic OH excluding ortho intramolecular Hbond substituents is 1. The number of hydrogen-bond donors (Lipinski definition) is 3. The minimum absolute atomic E-state index is 0.0205. The molecule has 0 spiro atoms. The highest BCUT2D eigenvalue weighted by Gasteiger charge is 2.34. The van der Waals surface area contributed by atoms with Gasteiger partial charge in [0.2, 0.25) is 5.91 Å². The molecule has 6 nitrogen and oxygen atoms in total. The predicted octanol–water partition coefficient (Wildman–Crippen LogP) is 1.54. The highest BCUT2D eigenvalue weighted by molar-refractivity contribution is 8.00. The number of amides is 1. The second-order valence-corrected chi connectivity index (χ2v) is 6.68. The molecule has 0 bridgehead atoms. The van der Waals surface area contributed by atoms with Gasteiger partial charge in [0.1, 0.15) is 5.75 Å². The molecule has 1 aromatic rings. The maximum Gasteiger partial charge on any atom is 0.317 e. The van der Waals surface area contributed by atoms with Crippen molar-refractivity contribution in [2.24, 2.45) is 0 Å². The van der Waals surface area contributed by atoms with Crippen molar-refractivity contribution in [3.8, 4) is 5.75 Å². The van der Waals surface area contributed by atoms with Crippen LogP contribution >= 0.6 is 11.8 Å². The van der Waals surface area contributed by atoms with Crippen molar-refractivity contribution < 1.29 is 19.8 Å². The Morgan fingerprint density at radius 1 is 1.30 bits per heavy atom. The van der Waals surface area contributed by atoms with Crippen molar-refractivity contribution in [2.45, 2.75) is 36.7 Å². The number of aromatic hydroxyl groups is 1. The van der Waals surface area contributed by atoms with Gasteiger partial charge in [0.15, 0.2) is 0 Å². The van der Waals surface area contributed by atoms with Gasteiger partial charge < -0.3 is 15.5 Å². The van der Waals surface area contributed by atoms with Crippen LogP contribution in [-0.2, 0) is 9.59 Å². The van der Waals surface area contributed by atoms with Crippen molar-refractivity contribution in [3.63, 3.8) is 0 Å². The molecule has 0 radical (unpaired) electrons. The third kappa shape index (κ3) is 5.44. The number of nitrogens with one attached hydrogen (secondary N) is 1. The molecule has 0 saturated heterocycles. The summed E-state index contributed by atoms with van der Waals surface area (Å²) in [5.74, 6) is -0.294. The summed E-state index contributed by atoms with van der Waals surface area (Å²) in [6.45, 7) is 2.70. The zero-order valence-corrected chi connectivity index (χ0v) is 13.9. The van der Waals surface area contributed by atoms with Crippen LogP contribution in [0.4, 0.5) is 0 Å². The molecule has 0 unspecified atom stereocenters. The van der Waals surface area contributed by atoms with Crippen LogP contribution in [0.2, 0.25) is 0 Å². The number of thioether (sulfide) groups is 1. The number of rotatable bonds is 8. The highest BCUT2D eigenvalue weighted by atomic mass is 32.2. The number of phenols is 1. The number of benzene rings is 1. The summed E-state index contributed by atoms with van der Waals surface area (Å²) >= 11 is 1.42. The van der Waals surface area contributed by atoms with Gasteiger partial charge in [-0.2, -0.15) is 0 Å². The molecule has 23 heavy (non-hydrogen) atoms. The lowest BCUT2D eigenvalue weighted by atomic mass is 9.85. The van der Waals surface area contributed by atoms with Gasteiger partial charge in [-0.25, -0.2) is 0 Å². The number of aliphatic carboxylic acids is 1. The first-order valence-electron chi connectivity index (χ1n) is 7.65. The van der Waals surface area contributed by atoms with Gasteiger partial charge in [-0.15, -0.1) is 11.8 Å². The van der Waals surface area contributed by atoms with Crippen molar-refractivity contribution in [1.29, 1.82) is 0 Å². The lowest BCUT2D eigenvalue weighted by Gasteiger charge is -2.42. The van der Waals surface area contributed by atoms with Gasteiger partial charge in [-0.1, -0.05) is 6.92 Å². The van der Waals surface area contributed by atoms with Gasteiger partial charge in [-0.3, -0.25) is 14.5 Å². The van der Waals surface area contributed by atoms with Crippen LogP contribution in [0.3, 0.4) is 0 Å². The quantitative estimate of drug-likeness (QED) is 0.623. The van der Waals surface area contributed by atoms with E-state index in [0.29, 0.717) is 12.3 Å². The Labute approximate surface area is 139 Å². The van der Waals surface area contributed by atoms with Crippen molar-refractivity contribution >= 4 is 23.6 Å². The zero-order valence-electron chi connectivity index (χ0n) is 13.1. The third-order valence-corrected chi connectivity index (χ3v) is 4.96. The molecule has 1 saturated carbocycles. The minimum Gasteiger partial charge on any atom is -0.508 e. The number of carboxylic acid groups (broad SMARTS) is 1. The monoisotopic (exact) mass is 338 g/mol. The fourth-order valence-corrected chi connectivity index (χ4v) is 3.35. The Morgan fingerprint density at radius 2 is 1.96 bits per heavy atom. The fourth-order valence-electron chi connectivity index (χ4n) is 2.64. The fraction of sp³-hybridized carbons (Fsp3) is 0.500. The average molecular weight is 338 g/mol. The second kappa shape index (κ2) is 8.21. The van der Waals surface area contributed by atoms with Crippen LogP contribution in [-0.4, -0.2) is 57.9 Å². The first-order valence-corrected chi connectivity index (χ1v) is 8.63. The lowest BCUT2D eigenvalue weighted by Crippen LogP contribution is -2.55. The van der Waals surface area contributed by atoms with Gasteiger partial charge in [0.05, 0.1) is 12.3 Å². The first-order chi connectivity index (χ1) is 11.0. The largest absolute Gasteiger partial charge is 0.508 e. The number of likely N-dealkylation sites (N-methyl/N-ethyl adjacent to an activating group) is 1. The highest BCUT2D eigenvalue weighted by Crippen LogP contribution is 2.26. The second-order valence-electron chi connectivity index (χ2n) is 5.63. The zero-order chi connectivity index (χ0) is 16.8. The van der Waals surface area contributed by atoms with Gasteiger partial charge in [0, 0.05) is 17.0 Å². The van der Waals surface area contributed by atoms with E-state index < -0.39 is 5.97 Å². The molecule has 1 aromatic carbocycles. The predicted molar refractivity (Wildman–Crippen MR) is 88.7 cm³/mol. The minimum atomic E-state index is -0.815. The van der Waals surface area contributed by atoms with E-state index in [4.69, 9.17) is 5.11 Å². The number of carbonyl (C=O) groups excluding carboxylic acids is 1. The summed E-state index contributed by atoms with van der Waals surface area (Å²) in [6.07, 6.45) is 1.60. The van der Waals surface area contributed by atoms with E-state index in [1.54, 1.807) is 24.3 Å². The summed E-state index contributed by atoms with van der Waals surface area (Å²) in [6, 6.07) is 7.12. The normalized spacial score (nSPS) is 20.1. The first kappa shape index (κ1) is 17.6. The molecule has 3 N–H and O–H groups in total. The summed E-state index contributed by atoms with van der Waals surface area (Å²) < 4.78 is 0. The van der Waals surface area contributed by atoms with E-state index in [0.717, 1.165) is 17.7 Å². The van der Waals surface area contributed by atoms with E-state index >= 15 is 0 Å². The molecule has 0 aliphatic heterocycles. The molecule has 1 aliphatic rings. The van der Waals surface area contributed by atoms with E-state index in [1.807, 2.05) is 11.8 Å². The molecule has 0 aromatic heterocycles. The molecule has 0 atom stereocenters. The molecule has 1 aliphatic carbocycles. The maximum atomic E-state index is 11.9. The topological polar surface area (TPSA) is 89.9 Å². The molecule has 126 valence electrons. The van der Waals surface area contributed by atoms with Crippen molar-refractivity contribution in [2.75, 3.05) is 18.8 Å². The average Bonchev–Trinajstić information content (AvgIpc) is 2.47. The molecule has 0 heterocycles. The summed E-state index contributed by atoms with van der Waals surface area (Å²) in [7, 11) is 0. The molecule has 1 amide bonds. The molecule has 1 fully saturated rings. The van der Waals surface area contributed by atoms with Crippen LogP contribution < -0.4 is 5.32 Å². The van der Waals surface area contributed by atoms with Gasteiger partial charge >= 0.3 is 5.97 Å². The molecule has 2 rings (SSSR count). The summed E-state index contributed by atoms with van der Waals surface area (Å²) in [5, 5.41) is 21.0. The van der Waals surface area contributed by atoms with Crippen LogP contribution in [0.1, 0.15) is 19.8 Å². The van der Waals surface area contributed by atoms with E-state index in [2.05, 4.69) is 5.32 Å².